The Kier molecular flexibility index (Phi) is 4.69. The third-order valence-corrected chi connectivity index (χ3v) is 4.17. The summed E-state index contributed by atoms with van der Waals surface area (Å²) in [5, 5.41) is 9.13. The molecule has 2 nitrogen and oxygen atoms in total. The Balaban J connectivity index is 2.17. The first-order valence-electron chi connectivity index (χ1n) is 7.45. The summed E-state index contributed by atoms with van der Waals surface area (Å²) >= 11 is 0. The van der Waals surface area contributed by atoms with Crippen LogP contribution in [-0.4, -0.2) is 5.11 Å². The maximum Gasteiger partial charge on any atom is 0.130 e. The Labute approximate surface area is 127 Å². The predicted molar refractivity (Wildman–Crippen MR) is 86.9 cm³/mol. The van der Waals surface area contributed by atoms with Gasteiger partial charge in [0.25, 0.3) is 0 Å². The summed E-state index contributed by atoms with van der Waals surface area (Å²) in [7, 11) is 0. The average molecular weight is 284 g/mol. The van der Waals surface area contributed by atoms with Gasteiger partial charge in [0.05, 0.1) is 6.61 Å². The molecule has 2 aromatic rings. The van der Waals surface area contributed by atoms with Gasteiger partial charge in [-0.05, 0) is 53.6 Å². The van der Waals surface area contributed by atoms with E-state index in [1.807, 2.05) is 37.3 Å². The van der Waals surface area contributed by atoms with Gasteiger partial charge in [-0.1, -0.05) is 45.0 Å². The van der Waals surface area contributed by atoms with Crippen molar-refractivity contribution in [3.05, 3.63) is 59.2 Å². The Morgan fingerprint density at radius 1 is 1.05 bits per heavy atom. The molecule has 0 aliphatic heterocycles. The van der Waals surface area contributed by atoms with Crippen LogP contribution in [0.15, 0.2) is 42.5 Å². The van der Waals surface area contributed by atoms with E-state index >= 15 is 0 Å². The van der Waals surface area contributed by atoms with E-state index in [9.17, 15) is 0 Å². The largest absolute Gasteiger partial charge is 0.457 e. The normalized spacial score (nSPS) is 11.5. The van der Waals surface area contributed by atoms with Gasteiger partial charge in [-0.15, -0.1) is 0 Å². The molecule has 0 fully saturated rings. The van der Waals surface area contributed by atoms with Gasteiger partial charge in [-0.3, -0.25) is 0 Å². The highest BCUT2D eigenvalue weighted by molar-refractivity contribution is 5.40. The maximum atomic E-state index is 9.13. The van der Waals surface area contributed by atoms with Crippen LogP contribution in [0, 0.1) is 6.92 Å². The molecule has 0 radical (unpaired) electrons. The van der Waals surface area contributed by atoms with E-state index < -0.39 is 0 Å². The topological polar surface area (TPSA) is 29.5 Å². The summed E-state index contributed by atoms with van der Waals surface area (Å²) in [5.74, 6) is 1.67. The zero-order chi connectivity index (χ0) is 15.5. The lowest BCUT2D eigenvalue weighted by atomic mass is 9.82. The molecular formula is C19H24O2. The molecule has 1 N–H and O–H groups in total. The van der Waals surface area contributed by atoms with Crippen molar-refractivity contribution in [2.24, 2.45) is 0 Å². The fourth-order valence-electron chi connectivity index (χ4n) is 2.23. The van der Waals surface area contributed by atoms with Crippen molar-refractivity contribution in [3.8, 4) is 11.5 Å². The molecule has 0 spiro atoms. The SMILES string of the molecule is CCC(C)(C)c1ccc(Oc2ccc(CO)cc2C)cc1. The Morgan fingerprint density at radius 2 is 1.71 bits per heavy atom. The molecule has 0 aliphatic rings. The zero-order valence-electron chi connectivity index (χ0n) is 13.3. The molecule has 21 heavy (non-hydrogen) atoms. The van der Waals surface area contributed by atoms with Crippen molar-refractivity contribution >= 4 is 0 Å². The smallest absolute Gasteiger partial charge is 0.130 e. The van der Waals surface area contributed by atoms with Crippen LogP contribution in [0.25, 0.3) is 0 Å². The summed E-state index contributed by atoms with van der Waals surface area (Å²) in [4.78, 5) is 0. The molecule has 0 saturated carbocycles. The molecular weight excluding hydrogens is 260 g/mol. The van der Waals surface area contributed by atoms with Crippen LogP contribution < -0.4 is 4.74 Å². The van der Waals surface area contributed by atoms with E-state index in [1.165, 1.54) is 5.56 Å². The first-order valence-corrected chi connectivity index (χ1v) is 7.45. The van der Waals surface area contributed by atoms with Crippen LogP contribution in [0.2, 0.25) is 0 Å². The van der Waals surface area contributed by atoms with Crippen molar-refractivity contribution in [2.75, 3.05) is 0 Å². The lowest BCUT2D eigenvalue weighted by molar-refractivity contribution is 0.281. The number of aliphatic hydroxyl groups excluding tert-OH is 1. The Bertz CT molecular complexity index is 597. The van der Waals surface area contributed by atoms with Crippen molar-refractivity contribution in [1.82, 2.24) is 0 Å². The van der Waals surface area contributed by atoms with E-state index in [0.717, 1.165) is 29.0 Å². The highest BCUT2D eigenvalue weighted by Crippen LogP contribution is 2.30. The van der Waals surface area contributed by atoms with Gasteiger partial charge in [0, 0.05) is 0 Å². The standard InChI is InChI=1S/C19H24O2/c1-5-19(3,4)16-7-9-17(10-8-16)21-18-11-6-15(13-20)12-14(18)2/h6-12,20H,5,13H2,1-4H3. The van der Waals surface area contributed by atoms with E-state index in [1.54, 1.807) is 0 Å². The molecule has 0 aliphatic carbocycles. The summed E-state index contributed by atoms with van der Waals surface area (Å²) in [6.07, 6.45) is 1.11. The number of ether oxygens (including phenoxy) is 1. The van der Waals surface area contributed by atoms with Crippen LogP contribution in [0.1, 0.15) is 43.9 Å². The minimum absolute atomic E-state index is 0.0575. The van der Waals surface area contributed by atoms with Crippen molar-refractivity contribution in [2.45, 2.75) is 46.1 Å². The second-order valence-corrected chi connectivity index (χ2v) is 6.12. The van der Waals surface area contributed by atoms with Crippen LogP contribution in [0.3, 0.4) is 0 Å². The van der Waals surface area contributed by atoms with Gasteiger partial charge < -0.3 is 9.84 Å². The highest BCUT2D eigenvalue weighted by atomic mass is 16.5. The van der Waals surface area contributed by atoms with Crippen molar-refractivity contribution in [1.29, 1.82) is 0 Å². The van der Waals surface area contributed by atoms with Crippen LogP contribution in [-0.2, 0) is 12.0 Å². The van der Waals surface area contributed by atoms with Gasteiger partial charge in [0.2, 0.25) is 0 Å². The minimum Gasteiger partial charge on any atom is -0.457 e. The molecule has 0 amide bonds. The molecule has 112 valence electrons. The second kappa shape index (κ2) is 6.31. The number of hydrogen-bond acceptors (Lipinski definition) is 2. The van der Waals surface area contributed by atoms with Crippen molar-refractivity contribution < 1.29 is 9.84 Å². The molecule has 0 atom stereocenters. The second-order valence-electron chi connectivity index (χ2n) is 6.12. The van der Waals surface area contributed by atoms with Crippen molar-refractivity contribution in [3.63, 3.8) is 0 Å². The van der Waals surface area contributed by atoms with Gasteiger partial charge in [0.15, 0.2) is 0 Å². The monoisotopic (exact) mass is 284 g/mol. The fraction of sp³-hybridized carbons (Fsp3) is 0.368. The molecule has 0 saturated heterocycles. The molecule has 2 aromatic carbocycles. The first kappa shape index (κ1) is 15.6. The third-order valence-electron chi connectivity index (χ3n) is 4.17. The zero-order valence-corrected chi connectivity index (χ0v) is 13.3. The Morgan fingerprint density at radius 3 is 2.24 bits per heavy atom. The Hall–Kier alpha value is -1.80. The first-order chi connectivity index (χ1) is 9.96. The van der Waals surface area contributed by atoms with E-state index in [4.69, 9.17) is 9.84 Å². The lowest BCUT2D eigenvalue weighted by Crippen LogP contribution is -2.14. The number of rotatable bonds is 5. The molecule has 2 heteroatoms. The number of benzene rings is 2. The molecule has 0 aromatic heterocycles. The summed E-state index contributed by atoms with van der Waals surface area (Å²) in [6, 6.07) is 14.1. The van der Waals surface area contributed by atoms with Crippen LogP contribution in [0.4, 0.5) is 0 Å². The van der Waals surface area contributed by atoms with E-state index in [-0.39, 0.29) is 12.0 Å². The quantitative estimate of drug-likeness (QED) is 0.840. The third kappa shape index (κ3) is 3.64. The fourth-order valence-corrected chi connectivity index (χ4v) is 2.23. The summed E-state index contributed by atoms with van der Waals surface area (Å²) in [6.45, 7) is 8.75. The summed E-state index contributed by atoms with van der Waals surface area (Å²) in [5.41, 5.74) is 3.45. The van der Waals surface area contributed by atoms with Gasteiger partial charge in [0.1, 0.15) is 11.5 Å². The highest BCUT2D eigenvalue weighted by Gasteiger charge is 2.17. The van der Waals surface area contributed by atoms with Gasteiger partial charge in [-0.25, -0.2) is 0 Å². The molecule has 0 heterocycles. The molecule has 2 rings (SSSR count). The van der Waals surface area contributed by atoms with E-state index in [2.05, 4.69) is 32.9 Å². The minimum atomic E-state index is 0.0575. The van der Waals surface area contributed by atoms with Gasteiger partial charge in [-0.2, -0.15) is 0 Å². The average Bonchev–Trinajstić information content (AvgIpc) is 2.50. The molecule has 0 unspecified atom stereocenters. The van der Waals surface area contributed by atoms with Crippen LogP contribution >= 0.6 is 0 Å². The maximum absolute atomic E-state index is 9.13. The summed E-state index contributed by atoms with van der Waals surface area (Å²) < 4.78 is 5.93. The number of hydrogen-bond donors (Lipinski definition) is 1. The predicted octanol–water partition coefficient (Wildman–Crippen LogP) is 4.97. The van der Waals surface area contributed by atoms with Crippen LogP contribution in [0.5, 0.6) is 11.5 Å². The lowest BCUT2D eigenvalue weighted by Gasteiger charge is -2.23. The molecule has 0 bridgehead atoms. The number of aliphatic hydroxyl groups is 1. The van der Waals surface area contributed by atoms with Gasteiger partial charge >= 0.3 is 0 Å². The van der Waals surface area contributed by atoms with E-state index in [0.29, 0.717) is 0 Å². The number of aryl methyl sites for hydroxylation is 1.